The maximum absolute atomic E-state index is 12.2. The van der Waals surface area contributed by atoms with Crippen molar-refractivity contribution in [2.75, 3.05) is 26.7 Å². The van der Waals surface area contributed by atoms with Crippen molar-refractivity contribution >= 4 is 24.2 Å². The summed E-state index contributed by atoms with van der Waals surface area (Å²) in [5.74, 6) is 0.614. The molecule has 1 saturated heterocycles. The molecule has 1 heterocycles. The van der Waals surface area contributed by atoms with Crippen molar-refractivity contribution in [3.63, 3.8) is 0 Å². The molecule has 0 bridgehead atoms. The van der Waals surface area contributed by atoms with Crippen LogP contribution in [0.5, 0.6) is 0 Å². The molecule has 1 atom stereocenters. The number of amides is 2. The van der Waals surface area contributed by atoms with Crippen molar-refractivity contribution in [1.82, 2.24) is 15.5 Å². The largest absolute Gasteiger partial charge is 0.352 e. The highest BCUT2D eigenvalue weighted by Gasteiger charge is 2.15. The van der Waals surface area contributed by atoms with E-state index >= 15 is 0 Å². The van der Waals surface area contributed by atoms with Crippen LogP contribution >= 0.6 is 12.4 Å². The Morgan fingerprint density at radius 1 is 1.28 bits per heavy atom. The number of carbonyl (C=O) groups is 2. The topological polar surface area (TPSA) is 61.4 Å². The highest BCUT2D eigenvalue weighted by molar-refractivity contribution is 5.94. The van der Waals surface area contributed by atoms with Crippen LogP contribution < -0.4 is 10.6 Å². The number of halogens is 1. The lowest BCUT2D eigenvalue weighted by Crippen LogP contribution is -2.38. The highest BCUT2D eigenvalue weighted by Crippen LogP contribution is 2.11. The Hall–Kier alpha value is -1.59. The molecule has 140 valence electrons. The van der Waals surface area contributed by atoms with Gasteiger partial charge in [-0.1, -0.05) is 26.0 Å². The zero-order valence-corrected chi connectivity index (χ0v) is 16.2. The van der Waals surface area contributed by atoms with Crippen molar-refractivity contribution < 1.29 is 9.59 Å². The minimum Gasteiger partial charge on any atom is -0.352 e. The van der Waals surface area contributed by atoms with E-state index in [1.165, 1.54) is 12.8 Å². The standard InChI is InChI=1S/C19H29N3O2.ClH/c1-14(2)19(24)22(3)13-15-6-8-17(9-7-15)18(23)21-12-16-5-4-10-20-11-16;/h6-9,14,16,20H,4-5,10-13H2,1-3H3,(H,21,23);1H. The molecule has 1 fully saturated rings. The number of carbonyl (C=O) groups excluding carboxylic acids is 2. The van der Waals surface area contributed by atoms with Crippen molar-refractivity contribution in [2.45, 2.75) is 33.2 Å². The summed E-state index contributed by atoms with van der Waals surface area (Å²) >= 11 is 0. The molecule has 1 aromatic rings. The number of nitrogens with zero attached hydrogens (tertiary/aromatic N) is 1. The second-order valence-corrected chi connectivity index (χ2v) is 6.97. The van der Waals surface area contributed by atoms with Crippen LogP contribution in [0.4, 0.5) is 0 Å². The number of piperidine rings is 1. The molecule has 6 heteroatoms. The Kier molecular flexibility index (Phi) is 8.93. The molecule has 1 unspecified atom stereocenters. The summed E-state index contributed by atoms with van der Waals surface area (Å²) in [6.45, 7) is 7.14. The van der Waals surface area contributed by atoms with E-state index in [1.54, 1.807) is 11.9 Å². The van der Waals surface area contributed by atoms with Crippen molar-refractivity contribution in [2.24, 2.45) is 11.8 Å². The van der Waals surface area contributed by atoms with E-state index in [9.17, 15) is 9.59 Å². The molecule has 0 radical (unpaired) electrons. The second kappa shape index (κ2) is 10.4. The van der Waals surface area contributed by atoms with E-state index in [0.29, 0.717) is 18.0 Å². The Morgan fingerprint density at radius 3 is 2.52 bits per heavy atom. The van der Waals surface area contributed by atoms with Gasteiger partial charge in [-0.2, -0.15) is 0 Å². The lowest BCUT2D eigenvalue weighted by atomic mass is 9.99. The highest BCUT2D eigenvalue weighted by atomic mass is 35.5. The Labute approximate surface area is 157 Å². The minimum absolute atomic E-state index is 0. The zero-order chi connectivity index (χ0) is 17.5. The maximum atomic E-state index is 12.2. The van der Waals surface area contributed by atoms with Crippen LogP contribution in [0.25, 0.3) is 0 Å². The fraction of sp³-hybridized carbons (Fsp3) is 0.579. The molecule has 1 aromatic carbocycles. The molecule has 25 heavy (non-hydrogen) atoms. The third kappa shape index (κ3) is 6.67. The normalized spacial score (nSPS) is 16.9. The summed E-state index contributed by atoms with van der Waals surface area (Å²) in [6, 6.07) is 7.50. The first-order valence-electron chi connectivity index (χ1n) is 8.80. The van der Waals surface area contributed by atoms with Gasteiger partial charge in [-0.3, -0.25) is 9.59 Å². The monoisotopic (exact) mass is 367 g/mol. The van der Waals surface area contributed by atoms with E-state index in [4.69, 9.17) is 0 Å². The van der Waals surface area contributed by atoms with Crippen LogP contribution in [0.2, 0.25) is 0 Å². The minimum atomic E-state index is -0.0289. The summed E-state index contributed by atoms with van der Waals surface area (Å²) in [6.07, 6.45) is 2.35. The van der Waals surface area contributed by atoms with Gasteiger partial charge < -0.3 is 15.5 Å². The molecule has 0 aromatic heterocycles. The number of nitrogens with one attached hydrogen (secondary N) is 2. The molecule has 2 rings (SSSR count). The van der Waals surface area contributed by atoms with Gasteiger partial charge in [0.2, 0.25) is 5.91 Å². The summed E-state index contributed by atoms with van der Waals surface area (Å²) < 4.78 is 0. The van der Waals surface area contributed by atoms with Crippen LogP contribution in [0.3, 0.4) is 0 Å². The molecule has 2 amide bonds. The lowest BCUT2D eigenvalue weighted by Gasteiger charge is -2.23. The van der Waals surface area contributed by atoms with Gasteiger partial charge in [0, 0.05) is 31.6 Å². The van der Waals surface area contributed by atoms with E-state index in [0.717, 1.165) is 25.2 Å². The van der Waals surface area contributed by atoms with E-state index in [2.05, 4.69) is 10.6 Å². The molecular weight excluding hydrogens is 338 g/mol. The SMILES string of the molecule is CC(C)C(=O)N(C)Cc1ccc(C(=O)NCC2CCCNC2)cc1.Cl. The quantitative estimate of drug-likeness (QED) is 0.811. The molecule has 2 N–H and O–H groups in total. The van der Waals surface area contributed by atoms with Crippen molar-refractivity contribution in [3.8, 4) is 0 Å². The molecule has 0 aliphatic carbocycles. The van der Waals surface area contributed by atoms with Crippen LogP contribution in [0, 0.1) is 11.8 Å². The number of hydrogen-bond acceptors (Lipinski definition) is 3. The fourth-order valence-electron chi connectivity index (χ4n) is 2.99. The summed E-state index contributed by atoms with van der Waals surface area (Å²) in [5.41, 5.74) is 1.69. The molecular formula is C19H30ClN3O2. The third-order valence-electron chi connectivity index (χ3n) is 4.46. The fourth-order valence-corrected chi connectivity index (χ4v) is 2.99. The Bertz CT molecular complexity index is 554. The first-order valence-corrected chi connectivity index (χ1v) is 8.80. The first kappa shape index (κ1) is 21.5. The van der Waals surface area contributed by atoms with Gasteiger partial charge in [-0.25, -0.2) is 0 Å². The van der Waals surface area contributed by atoms with Crippen molar-refractivity contribution in [3.05, 3.63) is 35.4 Å². The lowest BCUT2D eigenvalue weighted by molar-refractivity contribution is -0.133. The molecule has 5 nitrogen and oxygen atoms in total. The smallest absolute Gasteiger partial charge is 0.251 e. The average Bonchev–Trinajstić information content (AvgIpc) is 2.60. The average molecular weight is 368 g/mol. The summed E-state index contributed by atoms with van der Waals surface area (Å²) in [5, 5.41) is 6.38. The molecule has 0 spiro atoms. The van der Waals surface area contributed by atoms with Gasteiger partial charge in [-0.15, -0.1) is 12.4 Å². The van der Waals surface area contributed by atoms with E-state index in [-0.39, 0.29) is 30.1 Å². The van der Waals surface area contributed by atoms with E-state index < -0.39 is 0 Å². The van der Waals surface area contributed by atoms with Gasteiger partial charge in [0.05, 0.1) is 0 Å². The van der Waals surface area contributed by atoms with Gasteiger partial charge in [0.15, 0.2) is 0 Å². The molecule has 0 saturated carbocycles. The maximum Gasteiger partial charge on any atom is 0.251 e. The van der Waals surface area contributed by atoms with E-state index in [1.807, 2.05) is 38.1 Å². The van der Waals surface area contributed by atoms with Gasteiger partial charge in [-0.05, 0) is 49.5 Å². The van der Waals surface area contributed by atoms with Crippen LogP contribution in [-0.2, 0) is 11.3 Å². The summed E-state index contributed by atoms with van der Waals surface area (Å²) in [7, 11) is 1.81. The predicted octanol–water partition coefficient (Wildman–Crippen LogP) is 2.45. The Morgan fingerprint density at radius 2 is 1.96 bits per heavy atom. The van der Waals surface area contributed by atoms with Gasteiger partial charge in [0.1, 0.15) is 0 Å². The number of rotatable bonds is 6. The van der Waals surface area contributed by atoms with Gasteiger partial charge in [0.25, 0.3) is 5.91 Å². The number of benzene rings is 1. The zero-order valence-electron chi connectivity index (χ0n) is 15.4. The first-order chi connectivity index (χ1) is 11.5. The molecule has 1 aliphatic heterocycles. The Balaban J connectivity index is 0.00000312. The van der Waals surface area contributed by atoms with Crippen LogP contribution in [-0.4, -0.2) is 43.4 Å². The second-order valence-electron chi connectivity index (χ2n) is 6.97. The van der Waals surface area contributed by atoms with Crippen LogP contribution in [0.1, 0.15) is 42.6 Å². The van der Waals surface area contributed by atoms with Gasteiger partial charge >= 0.3 is 0 Å². The molecule has 1 aliphatic rings. The third-order valence-corrected chi connectivity index (χ3v) is 4.46. The predicted molar refractivity (Wildman–Crippen MR) is 103 cm³/mol. The summed E-state index contributed by atoms with van der Waals surface area (Å²) in [4.78, 5) is 25.9. The number of hydrogen-bond donors (Lipinski definition) is 2. The van der Waals surface area contributed by atoms with Crippen LogP contribution in [0.15, 0.2) is 24.3 Å². The van der Waals surface area contributed by atoms with Crippen molar-refractivity contribution in [1.29, 1.82) is 0 Å².